The third-order valence-electron chi connectivity index (χ3n) is 6.30. The summed E-state index contributed by atoms with van der Waals surface area (Å²) in [7, 11) is 1.76. The molecule has 0 saturated heterocycles. The maximum Gasteiger partial charge on any atom is 0.166 e. The van der Waals surface area contributed by atoms with Gasteiger partial charge in [-0.2, -0.15) is 0 Å². The van der Waals surface area contributed by atoms with Crippen LogP contribution >= 0.6 is 0 Å². The molecule has 0 atom stereocenters. The Morgan fingerprint density at radius 3 is 2.48 bits per heavy atom. The van der Waals surface area contributed by atoms with Crippen LogP contribution in [0.1, 0.15) is 61.8 Å². The second-order valence-electron chi connectivity index (χ2n) is 8.91. The highest BCUT2D eigenvalue weighted by Gasteiger charge is 2.46. The van der Waals surface area contributed by atoms with Crippen molar-refractivity contribution in [1.29, 1.82) is 0 Å². The summed E-state index contributed by atoms with van der Waals surface area (Å²) in [5, 5.41) is 0. The summed E-state index contributed by atoms with van der Waals surface area (Å²) in [6.45, 7) is 4.43. The van der Waals surface area contributed by atoms with E-state index >= 15 is 0 Å². The molecule has 0 aromatic heterocycles. The Balaban J connectivity index is 1.74. The minimum Gasteiger partial charge on any atom is -0.493 e. The van der Waals surface area contributed by atoms with Crippen LogP contribution in [0.15, 0.2) is 41.4 Å². The van der Waals surface area contributed by atoms with Crippen LogP contribution in [0.25, 0.3) is 0 Å². The summed E-state index contributed by atoms with van der Waals surface area (Å²) in [5.74, 6) is 1.85. The lowest BCUT2D eigenvalue weighted by molar-refractivity contribution is 0.0996. The van der Waals surface area contributed by atoms with Crippen LogP contribution in [0.2, 0.25) is 0 Å². The molecule has 0 radical (unpaired) electrons. The summed E-state index contributed by atoms with van der Waals surface area (Å²) in [6, 6.07) is 12.8. The van der Waals surface area contributed by atoms with Gasteiger partial charge >= 0.3 is 0 Å². The topological polar surface area (TPSA) is 30.8 Å². The van der Waals surface area contributed by atoms with E-state index in [0.717, 1.165) is 42.9 Å². The van der Waals surface area contributed by atoms with Gasteiger partial charge in [-0.05, 0) is 57.6 Å². The molecule has 3 heteroatoms. The van der Waals surface area contributed by atoms with Crippen LogP contribution in [0.4, 0.5) is 0 Å². The average molecular weight is 361 g/mol. The minimum absolute atomic E-state index is 0.0283. The highest BCUT2D eigenvalue weighted by molar-refractivity contribution is 6.16. The quantitative estimate of drug-likeness (QED) is 0.744. The van der Waals surface area contributed by atoms with Crippen LogP contribution in [-0.2, 0) is 12.8 Å². The maximum absolute atomic E-state index is 6.60. The van der Waals surface area contributed by atoms with E-state index in [9.17, 15) is 0 Å². The molecule has 2 aliphatic heterocycles. The number of benzene rings is 2. The number of hydrogen-bond donors (Lipinski definition) is 0. The Labute approximate surface area is 161 Å². The van der Waals surface area contributed by atoms with Gasteiger partial charge in [0.05, 0.1) is 18.4 Å². The predicted molar refractivity (Wildman–Crippen MR) is 108 cm³/mol. The van der Waals surface area contributed by atoms with Crippen molar-refractivity contribution >= 4 is 5.71 Å². The second-order valence-corrected chi connectivity index (χ2v) is 8.91. The van der Waals surface area contributed by atoms with Crippen LogP contribution in [-0.4, -0.2) is 24.0 Å². The van der Waals surface area contributed by atoms with Crippen molar-refractivity contribution in [1.82, 2.24) is 0 Å². The molecule has 140 valence electrons. The van der Waals surface area contributed by atoms with E-state index in [-0.39, 0.29) is 11.1 Å². The van der Waals surface area contributed by atoms with E-state index < -0.39 is 0 Å². The molecule has 1 saturated carbocycles. The van der Waals surface area contributed by atoms with Crippen molar-refractivity contribution in [3.63, 3.8) is 0 Å². The van der Waals surface area contributed by atoms with Crippen molar-refractivity contribution in [2.45, 2.75) is 63.5 Å². The third-order valence-corrected chi connectivity index (χ3v) is 6.30. The molecule has 3 nitrogen and oxygen atoms in total. The van der Waals surface area contributed by atoms with E-state index in [4.69, 9.17) is 14.5 Å². The zero-order chi connectivity index (χ0) is 18.6. The standard InChI is InChI=1S/C24H27NO2/c1-23(2)14-17-13-19(26-3)22-18(15-24(27-22)11-7-8-12-24)20(17)21(25-23)16-9-5-4-6-10-16/h4-6,9-10,13H,7-8,11-12,14-15H2,1-3H3. The molecule has 0 unspecified atom stereocenters. The Kier molecular flexibility index (Phi) is 3.65. The zero-order valence-electron chi connectivity index (χ0n) is 16.5. The maximum atomic E-state index is 6.60. The lowest BCUT2D eigenvalue weighted by Crippen LogP contribution is -2.31. The fraction of sp³-hybridized carbons (Fsp3) is 0.458. The van der Waals surface area contributed by atoms with E-state index in [2.05, 4.69) is 50.2 Å². The van der Waals surface area contributed by atoms with E-state index in [1.54, 1.807) is 7.11 Å². The molecule has 1 aliphatic carbocycles. The molecule has 5 rings (SSSR count). The van der Waals surface area contributed by atoms with Crippen molar-refractivity contribution in [2.24, 2.45) is 4.99 Å². The zero-order valence-corrected chi connectivity index (χ0v) is 16.5. The van der Waals surface area contributed by atoms with Crippen molar-refractivity contribution in [3.8, 4) is 11.5 Å². The number of fused-ring (bicyclic) bond motifs is 3. The number of ether oxygens (including phenoxy) is 2. The average Bonchev–Trinajstić information content (AvgIpc) is 3.27. The van der Waals surface area contributed by atoms with E-state index in [1.165, 1.54) is 35.1 Å². The summed E-state index contributed by atoms with van der Waals surface area (Å²) in [6.07, 6.45) is 6.70. The first kappa shape index (κ1) is 16.9. The molecule has 3 aliphatic rings. The molecule has 27 heavy (non-hydrogen) atoms. The third kappa shape index (κ3) is 2.67. The van der Waals surface area contributed by atoms with Gasteiger partial charge < -0.3 is 9.47 Å². The summed E-state index contributed by atoms with van der Waals surface area (Å²) < 4.78 is 12.4. The molecule has 0 N–H and O–H groups in total. The molecule has 1 fully saturated rings. The number of aliphatic imine (C=N–C) groups is 1. The van der Waals surface area contributed by atoms with Crippen LogP contribution in [0.3, 0.4) is 0 Å². The van der Waals surface area contributed by atoms with Gasteiger partial charge in [0.2, 0.25) is 0 Å². The van der Waals surface area contributed by atoms with Gasteiger partial charge in [-0.3, -0.25) is 4.99 Å². The van der Waals surface area contributed by atoms with Gasteiger partial charge in [0.15, 0.2) is 11.5 Å². The molecule has 0 amide bonds. The number of hydrogen-bond acceptors (Lipinski definition) is 3. The molecule has 2 aromatic rings. The first-order valence-corrected chi connectivity index (χ1v) is 10.1. The van der Waals surface area contributed by atoms with E-state index in [0.29, 0.717) is 0 Å². The Hall–Kier alpha value is -2.29. The molecule has 2 heterocycles. The van der Waals surface area contributed by atoms with Gasteiger partial charge in [0.1, 0.15) is 5.60 Å². The first-order chi connectivity index (χ1) is 13.0. The smallest absolute Gasteiger partial charge is 0.166 e. The monoisotopic (exact) mass is 361 g/mol. The Morgan fingerprint density at radius 2 is 1.78 bits per heavy atom. The lowest BCUT2D eigenvalue weighted by Gasteiger charge is -2.31. The second kappa shape index (κ2) is 5.85. The highest BCUT2D eigenvalue weighted by Crippen LogP contribution is 2.52. The summed E-state index contributed by atoms with van der Waals surface area (Å²) >= 11 is 0. The van der Waals surface area contributed by atoms with E-state index in [1.807, 2.05) is 0 Å². The fourth-order valence-corrected chi connectivity index (χ4v) is 5.16. The number of methoxy groups -OCH3 is 1. The minimum atomic E-state index is -0.123. The lowest BCUT2D eigenvalue weighted by atomic mass is 9.80. The van der Waals surface area contributed by atoms with Gasteiger partial charge in [-0.25, -0.2) is 0 Å². The molecule has 0 bridgehead atoms. The number of rotatable bonds is 2. The van der Waals surface area contributed by atoms with Gasteiger partial charge in [-0.1, -0.05) is 30.3 Å². The van der Waals surface area contributed by atoms with Crippen molar-refractivity contribution in [3.05, 3.63) is 58.7 Å². The Bertz CT molecular complexity index is 921. The summed E-state index contributed by atoms with van der Waals surface area (Å²) in [5.41, 5.74) is 6.08. The molecule has 1 spiro atoms. The largest absolute Gasteiger partial charge is 0.493 e. The van der Waals surface area contributed by atoms with Gasteiger partial charge in [0, 0.05) is 23.1 Å². The Morgan fingerprint density at radius 1 is 1.04 bits per heavy atom. The van der Waals surface area contributed by atoms with Gasteiger partial charge in [-0.15, -0.1) is 0 Å². The predicted octanol–water partition coefficient (Wildman–Crippen LogP) is 5.12. The normalized spacial score (nSPS) is 21.4. The van der Waals surface area contributed by atoms with Crippen LogP contribution < -0.4 is 9.47 Å². The molecule has 2 aromatic carbocycles. The van der Waals surface area contributed by atoms with Crippen LogP contribution in [0, 0.1) is 0 Å². The van der Waals surface area contributed by atoms with Gasteiger partial charge in [0.25, 0.3) is 0 Å². The highest BCUT2D eigenvalue weighted by atomic mass is 16.5. The molecular formula is C24H27NO2. The summed E-state index contributed by atoms with van der Waals surface area (Å²) in [4.78, 5) is 5.19. The SMILES string of the molecule is COc1cc2c(c3c1OC1(CCCC1)C3)C(c1ccccc1)=NC(C)(C)C2. The first-order valence-electron chi connectivity index (χ1n) is 10.1. The fourth-order valence-electron chi connectivity index (χ4n) is 5.16. The van der Waals surface area contributed by atoms with Crippen molar-refractivity contribution in [2.75, 3.05) is 7.11 Å². The van der Waals surface area contributed by atoms with Crippen molar-refractivity contribution < 1.29 is 9.47 Å². The number of nitrogens with zero attached hydrogens (tertiary/aromatic N) is 1. The van der Waals surface area contributed by atoms with Crippen LogP contribution in [0.5, 0.6) is 11.5 Å². The molecular weight excluding hydrogens is 334 g/mol.